The van der Waals surface area contributed by atoms with Crippen LogP contribution in [0, 0.1) is 0 Å². The summed E-state index contributed by atoms with van der Waals surface area (Å²) in [7, 11) is 0. The van der Waals surface area contributed by atoms with Crippen LogP contribution in [0.25, 0.3) is 0 Å². The average molecular weight is 296 g/mol. The number of nitrogens with zero attached hydrogens (tertiary/aromatic N) is 1. The first kappa shape index (κ1) is 15.3. The van der Waals surface area contributed by atoms with Gasteiger partial charge in [0.15, 0.2) is 0 Å². The van der Waals surface area contributed by atoms with Gasteiger partial charge in [-0.15, -0.1) is 0 Å². The lowest BCUT2D eigenvalue weighted by molar-refractivity contribution is -0.198. The molecule has 0 spiro atoms. The molecule has 1 heterocycles. The Morgan fingerprint density at radius 1 is 1.14 bits per heavy atom. The number of nitrogens with two attached hydrogens (primary N) is 1. The summed E-state index contributed by atoms with van der Waals surface area (Å²) in [5.74, 6) is 0.121. The Kier molecular flexibility index (Phi) is 4.47. The fourth-order valence-corrected chi connectivity index (χ4v) is 1.86. The Hall–Kier alpha value is -2.08. The van der Waals surface area contributed by atoms with Crippen LogP contribution in [0.1, 0.15) is 30.2 Å². The number of rotatable bonds is 4. The largest absolute Gasteiger partial charge is 0.476 e. The van der Waals surface area contributed by atoms with Crippen LogP contribution in [0.5, 0.6) is 5.75 Å². The first-order valence-electron chi connectivity index (χ1n) is 6.37. The van der Waals surface area contributed by atoms with E-state index in [9.17, 15) is 13.2 Å². The maximum Gasteiger partial charge on any atom is 0.429 e. The van der Waals surface area contributed by atoms with Gasteiger partial charge in [-0.2, -0.15) is 13.2 Å². The van der Waals surface area contributed by atoms with Gasteiger partial charge in [-0.1, -0.05) is 18.2 Å². The first-order chi connectivity index (χ1) is 9.88. The number of hydrogen-bond acceptors (Lipinski definition) is 3. The summed E-state index contributed by atoms with van der Waals surface area (Å²) in [6.07, 6.45) is -4.04. The van der Waals surface area contributed by atoms with Crippen LogP contribution in [-0.2, 0) is 0 Å². The summed E-state index contributed by atoms with van der Waals surface area (Å²) in [6, 6.07) is 8.84. The van der Waals surface area contributed by atoms with Crippen LogP contribution >= 0.6 is 0 Å². The highest BCUT2D eigenvalue weighted by Crippen LogP contribution is 2.36. The summed E-state index contributed by atoms with van der Waals surface area (Å²) >= 11 is 0. The molecule has 0 saturated carbocycles. The molecule has 0 radical (unpaired) electrons. The van der Waals surface area contributed by atoms with Crippen molar-refractivity contribution in [2.24, 2.45) is 5.73 Å². The first-order valence-corrected chi connectivity index (χ1v) is 6.37. The highest BCUT2D eigenvalue weighted by Gasteiger charge is 2.43. The van der Waals surface area contributed by atoms with Gasteiger partial charge in [-0.25, -0.2) is 0 Å². The van der Waals surface area contributed by atoms with E-state index in [1.807, 2.05) is 0 Å². The van der Waals surface area contributed by atoms with Gasteiger partial charge in [0.1, 0.15) is 5.75 Å². The second kappa shape index (κ2) is 6.13. The van der Waals surface area contributed by atoms with E-state index in [0.717, 1.165) is 6.20 Å². The molecule has 6 heteroatoms. The van der Waals surface area contributed by atoms with E-state index < -0.39 is 12.3 Å². The summed E-state index contributed by atoms with van der Waals surface area (Å²) < 4.78 is 44.7. The van der Waals surface area contributed by atoms with Crippen molar-refractivity contribution in [3.05, 3.63) is 59.9 Å². The van der Waals surface area contributed by atoms with E-state index >= 15 is 0 Å². The van der Waals surface area contributed by atoms with Crippen LogP contribution < -0.4 is 10.5 Å². The Morgan fingerprint density at radius 3 is 2.43 bits per heavy atom. The molecule has 0 bridgehead atoms. The molecule has 112 valence electrons. The van der Waals surface area contributed by atoms with Crippen LogP contribution in [0.3, 0.4) is 0 Å². The zero-order valence-corrected chi connectivity index (χ0v) is 11.3. The summed E-state index contributed by atoms with van der Waals surface area (Å²) in [6.45, 7) is 1.75. The molecule has 21 heavy (non-hydrogen) atoms. The lowest BCUT2D eigenvalue weighted by Crippen LogP contribution is -2.26. The van der Waals surface area contributed by atoms with Gasteiger partial charge in [0.2, 0.25) is 6.10 Å². The highest BCUT2D eigenvalue weighted by molar-refractivity contribution is 5.31. The minimum Gasteiger partial charge on any atom is -0.476 e. The lowest BCUT2D eigenvalue weighted by atomic mass is 10.1. The smallest absolute Gasteiger partial charge is 0.429 e. The molecule has 1 aromatic carbocycles. The molecule has 0 saturated heterocycles. The van der Waals surface area contributed by atoms with E-state index in [1.54, 1.807) is 19.1 Å². The number of benzene rings is 1. The molecule has 0 fully saturated rings. The predicted molar refractivity (Wildman–Crippen MR) is 72.7 cm³/mol. The standard InChI is InChI=1S/C15H15F3N2O/c1-10(19)11-4-2-6-13(8-11)21-14(15(16,17)18)12-5-3-7-20-9-12/h2-10,14H,19H2,1H3. The molecule has 2 atom stereocenters. The maximum absolute atomic E-state index is 13.2. The van der Waals surface area contributed by atoms with E-state index in [0.29, 0.717) is 5.56 Å². The Bertz CT molecular complexity index is 585. The molecule has 0 aliphatic rings. The third kappa shape index (κ3) is 3.95. The van der Waals surface area contributed by atoms with Crippen LogP contribution in [-0.4, -0.2) is 11.2 Å². The van der Waals surface area contributed by atoms with Crippen molar-refractivity contribution in [3.63, 3.8) is 0 Å². The molecular formula is C15H15F3N2O. The molecule has 3 nitrogen and oxygen atoms in total. The fourth-order valence-electron chi connectivity index (χ4n) is 1.86. The number of halogens is 3. The quantitative estimate of drug-likeness (QED) is 0.934. The number of ether oxygens (including phenoxy) is 1. The van der Waals surface area contributed by atoms with Crippen LogP contribution in [0.4, 0.5) is 13.2 Å². The van der Waals surface area contributed by atoms with Gasteiger partial charge in [0, 0.05) is 24.0 Å². The second-order valence-corrected chi connectivity index (χ2v) is 4.69. The van der Waals surface area contributed by atoms with Crippen molar-refractivity contribution >= 4 is 0 Å². The topological polar surface area (TPSA) is 48.1 Å². The molecule has 1 aromatic heterocycles. The molecule has 0 aliphatic heterocycles. The summed E-state index contributed by atoms with van der Waals surface area (Å²) in [5, 5.41) is 0. The fraction of sp³-hybridized carbons (Fsp3) is 0.267. The van der Waals surface area contributed by atoms with Gasteiger partial charge in [-0.05, 0) is 30.7 Å². The third-order valence-corrected chi connectivity index (χ3v) is 2.92. The van der Waals surface area contributed by atoms with E-state index in [1.165, 1.54) is 30.5 Å². The molecule has 2 aromatic rings. The van der Waals surface area contributed by atoms with Crippen molar-refractivity contribution in [2.45, 2.75) is 25.2 Å². The third-order valence-electron chi connectivity index (χ3n) is 2.92. The van der Waals surface area contributed by atoms with Gasteiger partial charge >= 0.3 is 6.18 Å². The number of hydrogen-bond donors (Lipinski definition) is 1. The van der Waals surface area contributed by atoms with E-state index in [4.69, 9.17) is 10.5 Å². The maximum atomic E-state index is 13.2. The Balaban J connectivity index is 2.30. The summed E-state index contributed by atoms with van der Waals surface area (Å²) in [4.78, 5) is 3.71. The molecule has 2 N–H and O–H groups in total. The van der Waals surface area contributed by atoms with Crippen LogP contribution in [0.15, 0.2) is 48.8 Å². The molecule has 0 amide bonds. The van der Waals surface area contributed by atoms with Crippen molar-refractivity contribution in [2.75, 3.05) is 0 Å². The van der Waals surface area contributed by atoms with Crippen molar-refractivity contribution < 1.29 is 17.9 Å². The molecule has 0 aliphatic carbocycles. The lowest BCUT2D eigenvalue weighted by Gasteiger charge is -2.22. The van der Waals surface area contributed by atoms with Gasteiger partial charge in [-0.3, -0.25) is 4.98 Å². The van der Waals surface area contributed by atoms with Gasteiger partial charge < -0.3 is 10.5 Å². The second-order valence-electron chi connectivity index (χ2n) is 4.69. The minimum absolute atomic E-state index is 0.0452. The minimum atomic E-state index is -4.53. The normalized spacial score (nSPS) is 14.5. The van der Waals surface area contributed by atoms with Crippen molar-refractivity contribution in [1.82, 2.24) is 4.98 Å². The van der Waals surface area contributed by atoms with Gasteiger partial charge in [0.25, 0.3) is 0 Å². The average Bonchev–Trinajstić information content (AvgIpc) is 2.45. The SMILES string of the molecule is CC(N)c1cccc(OC(c2cccnc2)C(F)(F)F)c1. The highest BCUT2D eigenvalue weighted by atomic mass is 19.4. The Labute approximate surface area is 120 Å². The van der Waals surface area contributed by atoms with Crippen molar-refractivity contribution in [3.8, 4) is 5.75 Å². The zero-order chi connectivity index (χ0) is 15.5. The van der Waals surface area contributed by atoms with Crippen molar-refractivity contribution in [1.29, 1.82) is 0 Å². The monoisotopic (exact) mass is 296 g/mol. The molecular weight excluding hydrogens is 281 g/mol. The van der Waals surface area contributed by atoms with Gasteiger partial charge in [0.05, 0.1) is 0 Å². The zero-order valence-electron chi connectivity index (χ0n) is 11.3. The predicted octanol–water partition coefficient (Wildman–Crippen LogP) is 3.78. The number of alkyl halides is 3. The number of pyridine rings is 1. The molecule has 2 rings (SSSR count). The number of aromatic nitrogens is 1. The van der Waals surface area contributed by atoms with E-state index in [-0.39, 0.29) is 17.4 Å². The van der Waals surface area contributed by atoms with Crippen LogP contribution in [0.2, 0.25) is 0 Å². The Morgan fingerprint density at radius 2 is 1.86 bits per heavy atom. The molecule has 2 unspecified atom stereocenters. The van der Waals surface area contributed by atoms with E-state index in [2.05, 4.69) is 4.98 Å². The summed E-state index contributed by atoms with van der Waals surface area (Å²) in [5.41, 5.74) is 6.39.